The lowest BCUT2D eigenvalue weighted by Crippen LogP contribution is -2.36. The van der Waals surface area contributed by atoms with E-state index >= 15 is 0 Å². The molecule has 20 heavy (non-hydrogen) atoms. The molecule has 1 aromatic carbocycles. The van der Waals surface area contributed by atoms with Gasteiger partial charge in [0.05, 0.1) is 0 Å². The summed E-state index contributed by atoms with van der Waals surface area (Å²) in [6, 6.07) is 7.96. The molecular weight excluding hydrogens is 248 g/mol. The fourth-order valence-electron chi connectivity index (χ4n) is 2.12. The Balaban J connectivity index is 2.83. The molecule has 0 unspecified atom stereocenters. The number of hydrogen-bond donors (Lipinski definition) is 1. The van der Waals surface area contributed by atoms with Crippen molar-refractivity contribution in [2.45, 2.75) is 46.0 Å². The number of nitrogens with zero attached hydrogens (tertiary/aromatic N) is 1. The predicted molar refractivity (Wildman–Crippen MR) is 85.0 cm³/mol. The third kappa shape index (κ3) is 4.64. The molecular formula is C17H28N2O. The summed E-state index contributed by atoms with van der Waals surface area (Å²) in [7, 11) is 0. The standard InChI is InChI=1S/C17H28N2O/c1-5-6-12-19(13-11-18)16(20)14-7-9-15(10-8-14)17(2,3)4/h7-10H,5-6,11-13,18H2,1-4H3. The highest BCUT2D eigenvalue weighted by Crippen LogP contribution is 2.22. The molecule has 0 saturated heterocycles. The highest BCUT2D eigenvalue weighted by molar-refractivity contribution is 5.94. The maximum Gasteiger partial charge on any atom is 0.253 e. The lowest BCUT2D eigenvalue weighted by Gasteiger charge is -2.23. The highest BCUT2D eigenvalue weighted by Gasteiger charge is 2.17. The van der Waals surface area contributed by atoms with Crippen LogP contribution in [0.5, 0.6) is 0 Å². The summed E-state index contributed by atoms with van der Waals surface area (Å²) in [6.07, 6.45) is 2.10. The van der Waals surface area contributed by atoms with Crippen molar-refractivity contribution in [1.82, 2.24) is 4.90 Å². The van der Waals surface area contributed by atoms with Crippen LogP contribution in [-0.4, -0.2) is 30.4 Å². The van der Waals surface area contributed by atoms with Gasteiger partial charge in [0.15, 0.2) is 0 Å². The van der Waals surface area contributed by atoms with Gasteiger partial charge >= 0.3 is 0 Å². The fourth-order valence-corrected chi connectivity index (χ4v) is 2.12. The first-order valence-corrected chi connectivity index (χ1v) is 7.50. The second-order valence-corrected chi connectivity index (χ2v) is 6.26. The summed E-state index contributed by atoms with van der Waals surface area (Å²) in [4.78, 5) is 14.3. The van der Waals surface area contributed by atoms with Crippen molar-refractivity contribution < 1.29 is 4.79 Å². The second-order valence-electron chi connectivity index (χ2n) is 6.26. The molecule has 0 aromatic heterocycles. The van der Waals surface area contributed by atoms with Crippen LogP contribution in [0.2, 0.25) is 0 Å². The van der Waals surface area contributed by atoms with Gasteiger partial charge in [-0.1, -0.05) is 46.2 Å². The molecule has 0 fully saturated rings. The van der Waals surface area contributed by atoms with Crippen LogP contribution in [0, 0.1) is 0 Å². The van der Waals surface area contributed by atoms with Crippen LogP contribution in [0.25, 0.3) is 0 Å². The van der Waals surface area contributed by atoms with Crippen LogP contribution in [0.1, 0.15) is 56.5 Å². The molecule has 1 amide bonds. The fraction of sp³-hybridized carbons (Fsp3) is 0.588. The Labute approximate surface area is 123 Å². The van der Waals surface area contributed by atoms with Crippen LogP contribution >= 0.6 is 0 Å². The molecule has 0 spiro atoms. The zero-order valence-corrected chi connectivity index (χ0v) is 13.3. The Morgan fingerprint density at radius 3 is 2.20 bits per heavy atom. The van der Waals surface area contributed by atoms with Crippen molar-refractivity contribution >= 4 is 5.91 Å². The lowest BCUT2D eigenvalue weighted by atomic mass is 9.86. The van der Waals surface area contributed by atoms with E-state index in [1.807, 2.05) is 29.2 Å². The van der Waals surface area contributed by atoms with Gasteiger partial charge in [-0.25, -0.2) is 0 Å². The van der Waals surface area contributed by atoms with Gasteiger partial charge in [-0.3, -0.25) is 4.79 Å². The molecule has 0 radical (unpaired) electrons. The van der Waals surface area contributed by atoms with Gasteiger partial charge in [-0.2, -0.15) is 0 Å². The number of rotatable bonds is 6. The zero-order valence-electron chi connectivity index (χ0n) is 13.3. The molecule has 0 saturated carbocycles. The number of benzene rings is 1. The van der Waals surface area contributed by atoms with E-state index in [1.54, 1.807) is 0 Å². The van der Waals surface area contributed by atoms with E-state index in [1.165, 1.54) is 5.56 Å². The molecule has 0 bridgehead atoms. The first kappa shape index (κ1) is 16.7. The highest BCUT2D eigenvalue weighted by atomic mass is 16.2. The first-order valence-electron chi connectivity index (χ1n) is 7.50. The second kappa shape index (κ2) is 7.44. The van der Waals surface area contributed by atoms with Crippen molar-refractivity contribution in [3.05, 3.63) is 35.4 Å². The summed E-state index contributed by atoms with van der Waals surface area (Å²) in [5.74, 6) is 0.0874. The normalized spacial score (nSPS) is 11.4. The number of amides is 1. The Morgan fingerprint density at radius 1 is 1.15 bits per heavy atom. The van der Waals surface area contributed by atoms with Gasteiger partial charge in [0.2, 0.25) is 0 Å². The summed E-state index contributed by atoms with van der Waals surface area (Å²) < 4.78 is 0. The Morgan fingerprint density at radius 2 is 1.75 bits per heavy atom. The minimum atomic E-state index is 0.0874. The Kier molecular flexibility index (Phi) is 6.21. The number of hydrogen-bond acceptors (Lipinski definition) is 2. The zero-order chi connectivity index (χ0) is 15.2. The summed E-state index contributed by atoms with van der Waals surface area (Å²) in [5, 5.41) is 0. The van der Waals surface area contributed by atoms with Crippen molar-refractivity contribution in [1.29, 1.82) is 0 Å². The van der Waals surface area contributed by atoms with Crippen LogP contribution in [0.15, 0.2) is 24.3 Å². The quantitative estimate of drug-likeness (QED) is 0.867. The van der Waals surface area contributed by atoms with E-state index in [0.29, 0.717) is 13.1 Å². The first-order chi connectivity index (χ1) is 9.40. The van der Waals surface area contributed by atoms with Gasteiger partial charge in [0.1, 0.15) is 0 Å². The maximum absolute atomic E-state index is 12.5. The predicted octanol–water partition coefficient (Wildman–Crippen LogP) is 3.19. The number of nitrogens with two attached hydrogens (primary N) is 1. The van der Waals surface area contributed by atoms with E-state index in [4.69, 9.17) is 5.73 Å². The van der Waals surface area contributed by atoms with Crippen LogP contribution in [-0.2, 0) is 5.41 Å². The molecule has 2 N–H and O–H groups in total. The van der Waals surface area contributed by atoms with Gasteiger partial charge in [-0.15, -0.1) is 0 Å². The van der Waals surface area contributed by atoms with Gasteiger partial charge in [0, 0.05) is 25.2 Å². The largest absolute Gasteiger partial charge is 0.337 e. The minimum Gasteiger partial charge on any atom is -0.337 e. The van der Waals surface area contributed by atoms with Crippen LogP contribution in [0.4, 0.5) is 0 Å². The average molecular weight is 276 g/mol. The third-order valence-corrected chi connectivity index (χ3v) is 3.47. The van der Waals surface area contributed by atoms with Gasteiger partial charge < -0.3 is 10.6 Å². The molecule has 0 heterocycles. The van der Waals surface area contributed by atoms with E-state index in [2.05, 4.69) is 27.7 Å². The van der Waals surface area contributed by atoms with Crippen LogP contribution in [0.3, 0.4) is 0 Å². The SMILES string of the molecule is CCCCN(CCN)C(=O)c1ccc(C(C)(C)C)cc1. The van der Waals surface area contributed by atoms with E-state index < -0.39 is 0 Å². The molecule has 0 atom stereocenters. The van der Waals surface area contributed by atoms with E-state index in [0.717, 1.165) is 24.9 Å². The van der Waals surface area contributed by atoms with Crippen LogP contribution < -0.4 is 5.73 Å². The Bertz CT molecular complexity index is 418. The van der Waals surface area contributed by atoms with Crippen molar-refractivity contribution in [2.75, 3.05) is 19.6 Å². The molecule has 0 aliphatic heterocycles. The average Bonchev–Trinajstić information content (AvgIpc) is 2.42. The third-order valence-electron chi connectivity index (χ3n) is 3.47. The van der Waals surface area contributed by atoms with Gasteiger partial charge in [-0.05, 0) is 29.5 Å². The molecule has 112 valence electrons. The van der Waals surface area contributed by atoms with Gasteiger partial charge in [0.25, 0.3) is 5.91 Å². The number of unbranched alkanes of at least 4 members (excludes halogenated alkanes) is 1. The number of carbonyl (C=O) groups is 1. The molecule has 0 aliphatic rings. The summed E-state index contributed by atoms with van der Waals surface area (Å²) >= 11 is 0. The monoisotopic (exact) mass is 276 g/mol. The van der Waals surface area contributed by atoms with Crippen molar-refractivity contribution in [3.63, 3.8) is 0 Å². The molecule has 3 nitrogen and oxygen atoms in total. The molecule has 0 aliphatic carbocycles. The van der Waals surface area contributed by atoms with Crippen molar-refractivity contribution in [3.8, 4) is 0 Å². The van der Waals surface area contributed by atoms with E-state index in [-0.39, 0.29) is 11.3 Å². The maximum atomic E-state index is 12.5. The topological polar surface area (TPSA) is 46.3 Å². The molecule has 3 heteroatoms. The van der Waals surface area contributed by atoms with Crippen molar-refractivity contribution in [2.24, 2.45) is 5.73 Å². The summed E-state index contributed by atoms with van der Waals surface area (Å²) in [6.45, 7) is 10.6. The molecule has 1 rings (SSSR count). The smallest absolute Gasteiger partial charge is 0.253 e. The minimum absolute atomic E-state index is 0.0874. The lowest BCUT2D eigenvalue weighted by molar-refractivity contribution is 0.0758. The van der Waals surface area contributed by atoms with E-state index in [9.17, 15) is 4.79 Å². The Hall–Kier alpha value is -1.35. The summed E-state index contributed by atoms with van der Waals surface area (Å²) in [5.41, 5.74) is 7.71. The molecule has 1 aromatic rings. The number of carbonyl (C=O) groups excluding carboxylic acids is 1.